The molecule has 0 spiro atoms. The molecule has 6 aromatic rings. The SMILES string of the molecule is c1ccc2cc3cc(-c4ccc5ccc6ncccc6c5n4)ccc3cc2c1. The van der Waals surface area contributed by atoms with Gasteiger partial charge in [-0.2, -0.15) is 0 Å². The van der Waals surface area contributed by atoms with Gasteiger partial charge < -0.3 is 0 Å². The summed E-state index contributed by atoms with van der Waals surface area (Å²) >= 11 is 0. The van der Waals surface area contributed by atoms with Crippen LogP contribution in [-0.2, 0) is 0 Å². The van der Waals surface area contributed by atoms with Gasteiger partial charge in [0.2, 0.25) is 0 Å². The molecule has 0 bridgehead atoms. The van der Waals surface area contributed by atoms with Crippen LogP contribution in [0.25, 0.3) is 54.6 Å². The lowest BCUT2D eigenvalue weighted by molar-refractivity contribution is 1.39. The number of fused-ring (bicyclic) bond motifs is 5. The molecular weight excluding hydrogens is 340 g/mol. The molecule has 2 aromatic heterocycles. The summed E-state index contributed by atoms with van der Waals surface area (Å²) < 4.78 is 0. The van der Waals surface area contributed by atoms with Crippen LogP contribution in [0.2, 0.25) is 0 Å². The molecule has 28 heavy (non-hydrogen) atoms. The largest absolute Gasteiger partial charge is 0.256 e. The first-order chi connectivity index (χ1) is 13.8. The van der Waals surface area contributed by atoms with Gasteiger partial charge in [-0.1, -0.05) is 48.5 Å². The lowest BCUT2D eigenvalue weighted by Gasteiger charge is -2.08. The van der Waals surface area contributed by atoms with E-state index in [1.54, 1.807) is 0 Å². The van der Waals surface area contributed by atoms with E-state index in [0.717, 1.165) is 33.1 Å². The number of nitrogens with zero attached hydrogens (tertiary/aromatic N) is 2. The van der Waals surface area contributed by atoms with Crippen molar-refractivity contribution in [2.45, 2.75) is 0 Å². The van der Waals surface area contributed by atoms with Crippen LogP contribution in [0.15, 0.2) is 97.2 Å². The first-order valence-electron chi connectivity index (χ1n) is 9.43. The highest BCUT2D eigenvalue weighted by Gasteiger charge is 2.07. The molecule has 0 aliphatic rings. The molecule has 0 radical (unpaired) electrons. The molecule has 2 heterocycles. The normalized spacial score (nSPS) is 11.6. The maximum absolute atomic E-state index is 5.00. The smallest absolute Gasteiger partial charge is 0.0803 e. The minimum atomic E-state index is 0.977. The third-order valence-electron chi connectivity index (χ3n) is 5.44. The fraction of sp³-hybridized carbons (Fsp3) is 0. The van der Waals surface area contributed by atoms with Crippen molar-refractivity contribution in [3.8, 4) is 11.3 Å². The van der Waals surface area contributed by atoms with Gasteiger partial charge in [0.1, 0.15) is 0 Å². The molecule has 0 aliphatic carbocycles. The zero-order chi connectivity index (χ0) is 18.5. The topological polar surface area (TPSA) is 25.8 Å². The lowest BCUT2D eigenvalue weighted by atomic mass is 10.00. The first kappa shape index (κ1) is 15.3. The molecule has 0 N–H and O–H groups in total. The van der Waals surface area contributed by atoms with E-state index < -0.39 is 0 Å². The number of pyridine rings is 2. The number of benzene rings is 4. The van der Waals surface area contributed by atoms with E-state index in [9.17, 15) is 0 Å². The van der Waals surface area contributed by atoms with Gasteiger partial charge >= 0.3 is 0 Å². The van der Waals surface area contributed by atoms with Crippen molar-refractivity contribution in [2.75, 3.05) is 0 Å². The van der Waals surface area contributed by atoms with Crippen molar-refractivity contribution in [1.82, 2.24) is 9.97 Å². The highest BCUT2D eigenvalue weighted by molar-refractivity contribution is 6.04. The number of hydrogen-bond donors (Lipinski definition) is 0. The van der Waals surface area contributed by atoms with Crippen LogP contribution >= 0.6 is 0 Å². The summed E-state index contributed by atoms with van der Waals surface area (Å²) in [6.45, 7) is 0. The highest BCUT2D eigenvalue weighted by atomic mass is 14.7. The Balaban J connectivity index is 1.58. The molecule has 0 saturated heterocycles. The van der Waals surface area contributed by atoms with Crippen molar-refractivity contribution < 1.29 is 0 Å². The van der Waals surface area contributed by atoms with Crippen LogP contribution in [0.4, 0.5) is 0 Å². The molecule has 130 valence electrons. The Labute approximate surface area is 162 Å². The predicted octanol–water partition coefficient (Wildman–Crippen LogP) is 6.76. The van der Waals surface area contributed by atoms with E-state index in [-0.39, 0.29) is 0 Å². The fourth-order valence-corrected chi connectivity index (χ4v) is 4.00. The Morgan fingerprint density at radius 3 is 2.18 bits per heavy atom. The average Bonchev–Trinajstić information content (AvgIpc) is 2.77. The standard InChI is InChI=1S/C26H16N2/c1-2-5-19-15-22-16-21(8-7-20(22)14-18(19)4-1)24-11-9-17-10-12-25-23(26(17)28-24)6-3-13-27-25/h1-16H. The maximum atomic E-state index is 5.00. The average molecular weight is 356 g/mol. The summed E-state index contributed by atoms with van der Waals surface area (Å²) in [7, 11) is 0. The molecule has 6 rings (SSSR count). The Hall–Kier alpha value is -3.78. The molecule has 0 atom stereocenters. The second-order valence-corrected chi connectivity index (χ2v) is 7.17. The van der Waals surface area contributed by atoms with Crippen molar-refractivity contribution >= 4 is 43.4 Å². The summed E-state index contributed by atoms with van der Waals surface area (Å²) in [5.41, 5.74) is 4.09. The van der Waals surface area contributed by atoms with Gasteiger partial charge in [-0.25, -0.2) is 4.98 Å². The zero-order valence-electron chi connectivity index (χ0n) is 15.1. The second-order valence-electron chi connectivity index (χ2n) is 7.17. The van der Waals surface area contributed by atoms with Gasteiger partial charge in [-0.05, 0) is 64.0 Å². The van der Waals surface area contributed by atoms with Gasteiger partial charge in [0.05, 0.1) is 16.7 Å². The Kier molecular flexibility index (Phi) is 3.20. The van der Waals surface area contributed by atoms with Crippen LogP contribution in [-0.4, -0.2) is 9.97 Å². The van der Waals surface area contributed by atoms with Crippen molar-refractivity contribution in [3.63, 3.8) is 0 Å². The van der Waals surface area contributed by atoms with E-state index >= 15 is 0 Å². The van der Waals surface area contributed by atoms with Gasteiger partial charge in [0, 0.05) is 22.5 Å². The maximum Gasteiger partial charge on any atom is 0.0803 e. The van der Waals surface area contributed by atoms with Gasteiger partial charge in [-0.3, -0.25) is 4.98 Å². The summed E-state index contributed by atoms with van der Waals surface area (Å²) in [6, 6.07) is 32.0. The minimum Gasteiger partial charge on any atom is -0.256 e. The second kappa shape index (κ2) is 5.86. The van der Waals surface area contributed by atoms with Crippen LogP contribution in [0, 0.1) is 0 Å². The molecule has 2 nitrogen and oxygen atoms in total. The van der Waals surface area contributed by atoms with Crippen LogP contribution in [0.1, 0.15) is 0 Å². The van der Waals surface area contributed by atoms with Gasteiger partial charge in [-0.15, -0.1) is 0 Å². The van der Waals surface area contributed by atoms with E-state index in [4.69, 9.17) is 4.98 Å². The first-order valence-corrected chi connectivity index (χ1v) is 9.43. The Morgan fingerprint density at radius 1 is 0.536 bits per heavy atom. The molecule has 0 fully saturated rings. The highest BCUT2D eigenvalue weighted by Crippen LogP contribution is 2.30. The van der Waals surface area contributed by atoms with E-state index in [1.807, 2.05) is 12.3 Å². The fourth-order valence-electron chi connectivity index (χ4n) is 4.00. The quantitative estimate of drug-likeness (QED) is 0.240. The molecule has 4 aromatic carbocycles. The molecule has 0 aliphatic heterocycles. The van der Waals surface area contributed by atoms with Crippen molar-refractivity contribution in [2.24, 2.45) is 0 Å². The number of rotatable bonds is 1. The lowest BCUT2D eigenvalue weighted by Crippen LogP contribution is -1.88. The minimum absolute atomic E-state index is 0.977. The number of hydrogen-bond acceptors (Lipinski definition) is 2. The Morgan fingerprint density at radius 2 is 1.29 bits per heavy atom. The Bertz CT molecular complexity index is 1520. The number of aromatic nitrogens is 2. The monoisotopic (exact) mass is 356 g/mol. The zero-order valence-corrected chi connectivity index (χ0v) is 15.1. The predicted molar refractivity (Wildman–Crippen MR) is 117 cm³/mol. The van der Waals surface area contributed by atoms with Crippen molar-refractivity contribution in [1.29, 1.82) is 0 Å². The summed E-state index contributed by atoms with van der Waals surface area (Å²) in [5.74, 6) is 0. The molecule has 0 unspecified atom stereocenters. The van der Waals surface area contributed by atoms with E-state index in [1.165, 1.54) is 21.5 Å². The van der Waals surface area contributed by atoms with E-state index in [0.29, 0.717) is 0 Å². The van der Waals surface area contributed by atoms with Gasteiger partial charge in [0.15, 0.2) is 0 Å². The molecule has 0 saturated carbocycles. The molecular formula is C26H16N2. The third kappa shape index (κ3) is 2.35. The van der Waals surface area contributed by atoms with Crippen molar-refractivity contribution in [3.05, 3.63) is 97.2 Å². The van der Waals surface area contributed by atoms with Crippen LogP contribution in [0.5, 0.6) is 0 Å². The molecule has 0 amide bonds. The van der Waals surface area contributed by atoms with E-state index in [2.05, 4.69) is 89.9 Å². The van der Waals surface area contributed by atoms with Crippen LogP contribution in [0.3, 0.4) is 0 Å². The van der Waals surface area contributed by atoms with Gasteiger partial charge in [0.25, 0.3) is 0 Å². The third-order valence-corrected chi connectivity index (χ3v) is 5.44. The summed E-state index contributed by atoms with van der Waals surface area (Å²) in [4.78, 5) is 9.47. The molecule has 2 heteroatoms. The summed E-state index contributed by atoms with van der Waals surface area (Å²) in [5, 5.41) is 7.24. The van der Waals surface area contributed by atoms with Crippen LogP contribution < -0.4 is 0 Å². The summed E-state index contributed by atoms with van der Waals surface area (Å²) in [6.07, 6.45) is 1.83.